The van der Waals surface area contributed by atoms with Crippen molar-refractivity contribution in [1.29, 1.82) is 5.26 Å². The fraction of sp³-hybridized carbons (Fsp3) is 0.231. The molecule has 0 aliphatic carbocycles. The van der Waals surface area contributed by atoms with Crippen molar-refractivity contribution in [3.63, 3.8) is 0 Å². The van der Waals surface area contributed by atoms with Crippen LogP contribution in [0.1, 0.15) is 22.9 Å². The molecule has 1 aromatic heterocycles. The highest BCUT2D eigenvalue weighted by atomic mass is 16.4. The summed E-state index contributed by atoms with van der Waals surface area (Å²) >= 11 is 0. The Morgan fingerprint density at radius 3 is 2.53 bits per heavy atom. The Morgan fingerprint density at radius 1 is 1.29 bits per heavy atom. The smallest absolute Gasteiger partial charge is 0.213 e. The molecule has 86 valence electrons. The zero-order valence-electron chi connectivity index (χ0n) is 9.82. The topological polar surface area (TPSA) is 61.9 Å². The van der Waals surface area contributed by atoms with Crippen LogP contribution in [0.5, 0.6) is 0 Å². The van der Waals surface area contributed by atoms with E-state index in [4.69, 9.17) is 9.68 Å². The zero-order valence-corrected chi connectivity index (χ0v) is 9.82. The minimum atomic E-state index is 0.542. The number of aromatic nitrogens is 1. The number of nitrogens with one attached hydrogen (secondary N) is 1. The summed E-state index contributed by atoms with van der Waals surface area (Å²) in [4.78, 5) is 4.28. The number of aryl methyl sites for hydroxylation is 2. The third-order valence-corrected chi connectivity index (χ3v) is 2.53. The van der Waals surface area contributed by atoms with Crippen molar-refractivity contribution in [2.45, 2.75) is 20.4 Å². The first kappa shape index (κ1) is 11.2. The lowest BCUT2D eigenvalue weighted by atomic mass is 10.2. The van der Waals surface area contributed by atoms with Crippen LogP contribution in [0.3, 0.4) is 0 Å². The molecule has 2 aromatic rings. The largest absolute Gasteiger partial charge is 0.444 e. The summed E-state index contributed by atoms with van der Waals surface area (Å²) < 4.78 is 5.45. The van der Waals surface area contributed by atoms with Crippen LogP contribution in [0.4, 0.5) is 5.69 Å². The van der Waals surface area contributed by atoms with Gasteiger partial charge in [0.05, 0.1) is 23.9 Å². The molecule has 0 fully saturated rings. The molecule has 1 aromatic carbocycles. The summed E-state index contributed by atoms with van der Waals surface area (Å²) in [5.74, 6) is 1.52. The minimum Gasteiger partial charge on any atom is -0.444 e. The number of hydrogen-bond acceptors (Lipinski definition) is 4. The maximum Gasteiger partial charge on any atom is 0.213 e. The molecule has 17 heavy (non-hydrogen) atoms. The number of rotatable bonds is 3. The molecule has 0 aliphatic rings. The van der Waals surface area contributed by atoms with Crippen molar-refractivity contribution < 1.29 is 4.42 Å². The van der Waals surface area contributed by atoms with Crippen molar-refractivity contribution in [3.05, 3.63) is 47.2 Å². The number of nitriles is 1. The van der Waals surface area contributed by atoms with E-state index < -0.39 is 0 Å². The van der Waals surface area contributed by atoms with Gasteiger partial charge in [-0.25, -0.2) is 4.98 Å². The van der Waals surface area contributed by atoms with E-state index in [1.807, 2.05) is 26.0 Å². The third kappa shape index (κ3) is 2.64. The fourth-order valence-electron chi connectivity index (χ4n) is 1.46. The van der Waals surface area contributed by atoms with Gasteiger partial charge in [0.2, 0.25) is 5.89 Å². The molecule has 0 spiro atoms. The average Bonchev–Trinajstić information content (AvgIpc) is 2.67. The summed E-state index contributed by atoms with van der Waals surface area (Å²) in [6.07, 6.45) is 0. The highest BCUT2D eigenvalue weighted by molar-refractivity contribution is 5.47. The van der Waals surface area contributed by atoms with Gasteiger partial charge in [-0.05, 0) is 38.1 Å². The molecule has 2 rings (SSSR count). The molecule has 0 unspecified atom stereocenters. The summed E-state index contributed by atoms with van der Waals surface area (Å²) in [7, 11) is 0. The SMILES string of the molecule is Cc1nc(CNc2ccc(C#N)cc2)oc1C. The van der Waals surface area contributed by atoms with Crippen LogP contribution in [0.15, 0.2) is 28.7 Å². The van der Waals surface area contributed by atoms with Crippen LogP contribution >= 0.6 is 0 Å². The van der Waals surface area contributed by atoms with Crippen LogP contribution in [-0.2, 0) is 6.54 Å². The van der Waals surface area contributed by atoms with Gasteiger partial charge in [-0.2, -0.15) is 5.26 Å². The maximum absolute atomic E-state index is 8.67. The Hall–Kier alpha value is -2.28. The molecular formula is C13H13N3O. The van der Waals surface area contributed by atoms with Crippen molar-refractivity contribution in [2.24, 2.45) is 0 Å². The summed E-state index contributed by atoms with van der Waals surface area (Å²) in [5.41, 5.74) is 2.51. The molecule has 0 bridgehead atoms. The summed E-state index contributed by atoms with van der Waals surface area (Å²) in [6, 6.07) is 9.35. The van der Waals surface area contributed by atoms with Gasteiger partial charge >= 0.3 is 0 Å². The van der Waals surface area contributed by atoms with Gasteiger partial charge in [-0.1, -0.05) is 0 Å². The Bertz CT molecular complexity index is 530. The van der Waals surface area contributed by atoms with Gasteiger partial charge in [0, 0.05) is 5.69 Å². The first-order valence-electron chi connectivity index (χ1n) is 5.36. The third-order valence-electron chi connectivity index (χ3n) is 2.53. The van der Waals surface area contributed by atoms with Gasteiger partial charge in [0.15, 0.2) is 0 Å². The van der Waals surface area contributed by atoms with Crippen molar-refractivity contribution >= 4 is 5.69 Å². The van der Waals surface area contributed by atoms with Gasteiger partial charge in [-0.3, -0.25) is 0 Å². The molecule has 0 saturated heterocycles. The Balaban J connectivity index is 2.00. The normalized spacial score (nSPS) is 9.94. The van der Waals surface area contributed by atoms with Gasteiger partial charge < -0.3 is 9.73 Å². The molecule has 0 radical (unpaired) electrons. The van der Waals surface area contributed by atoms with E-state index in [2.05, 4.69) is 16.4 Å². The van der Waals surface area contributed by atoms with Crippen LogP contribution in [0, 0.1) is 25.2 Å². The highest BCUT2D eigenvalue weighted by Gasteiger charge is 2.04. The standard InChI is InChI=1S/C13H13N3O/c1-9-10(2)17-13(16-9)8-15-12-5-3-11(7-14)4-6-12/h3-6,15H,8H2,1-2H3. The van der Waals surface area contributed by atoms with Crippen LogP contribution in [0.25, 0.3) is 0 Å². The molecular weight excluding hydrogens is 214 g/mol. The molecule has 4 nitrogen and oxygen atoms in total. The van der Waals surface area contributed by atoms with E-state index in [-0.39, 0.29) is 0 Å². The Labute approximate surface area is 99.9 Å². The zero-order chi connectivity index (χ0) is 12.3. The second-order valence-corrected chi connectivity index (χ2v) is 3.79. The lowest BCUT2D eigenvalue weighted by molar-refractivity contribution is 0.478. The Kier molecular flexibility index (Phi) is 3.10. The van der Waals surface area contributed by atoms with E-state index in [1.54, 1.807) is 12.1 Å². The van der Waals surface area contributed by atoms with E-state index in [0.29, 0.717) is 18.0 Å². The maximum atomic E-state index is 8.67. The quantitative estimate of drug-likeness (QED) is 0.875. The Morgan fingerprint density at radius 2 is 2.00 bits per heavy atom. The molecule has 0 aliphatic heterocycles. The van der Waals surface area contributed by atoms with E-state index in [1.165, 1.54) is 0 Å². The summed E-state index contributed by atoms with van der Waals surface area (Å²) in [5, 5.41) is 11.9. The summed E-state index contributed by atoms with van der Waals surface area (Å²) in [6.45, 7) is 4.36. The van der Waals surface area contributed by atoms with Crippen LogP contribution in [-0.4, -0.2) is 4.98 Å². The molecule has 0 atom stereocenters. The fourth-order valence-corrected chi connectivity index (χ4v) is 1.46. The monoisotopic (exact) mass is 227 g/mol. The molecule has 0 saturated carbocycles. The highest BCUT2D eigenvalue weighted by Crippen LogP contribution is 2.12. The van der Waals surface area contributed by atoms with Crippen molar-refractivity contribution in [2.75, 3.05) is 5.32 Å². The van der Waals surface area contributed by atoms with Crippen LogP contribution in [0.2, 0.25) is 0 Å². The minimum absolute atomic E-state index is 0.542. The van der Waals surface area contributed by atoms with Crippen molar-refractivity contribution in [1.82, 2.24) is 4.98 Å². The predicted molar refractivity (Wildman–Crippen MR) is 64.5 cm³/mol. The number of oxazole rings is 1. The lowest BCUT2D eigenvalue weighted by Gasteiger charge is -2.02. The average molecular weight is 227 g/mol. The van der Waals surface area contributed by atoms with Gasteiger partial charge in [-0.15, -0.1) is 0 Å². The first-order chi connectivity index (χ1) is 8.19. The van der Waals surface area contributed by atoms with Gasteiger partial charge in [0.1, 0.15) is 5.76 Å². The number of benzene rings is 1. The molecule has 1 N–H and O–H groups in total. The predicted octanol–water partition coefficient (Wildman–Crippen LogP) is 2.78. The number of hydrogen-bond donors (Lipinski definition) is 1. The molecule has 0 amide bonds. The molecule has 4 heteroatoms. The van der Waals surface area contributed by atoms with E-state index >= 15 is 0 Å². The second-order valence-electron chi connectivity index (χ2n) is 3.79. The van der Waals surface area contributed by atoms with E-state index in [9.17, 15) is 0 Å². The number of anilines is 1. The second kappa shape index (κ2) is 4.71. The molecule has 1 heterocycles. The number of nitrogens with zero attached hydrogens (tertiary/aromatic N) is 2. The first-order valence-corrected chi connectivity index (χ1v) is 5.36. The van der Waals surface area contributed by atoms with Gasteiger partial charge in [0.25, 0.3) is 0 Å². The van der Waals surface area contributed by atoms with E-state index in [0.717, 1.165) is 17.1 Å². The lowest BCUT2D eigenvalue weighted by Crippen LogP contribution is -1.99. The van der Waals surface area contributed by atoms with Crippen LogP contribution < -0.4 is 5.32 Å². The van der Waals surface area contributed by atoms with Crippen molar-refractivity contribution in [3.8, 4) is 6.07 Å².